The monoisotopic (exact) mass is 231 g/mol. The Morgan fingerprint density at radius 2 is 2.29 bits per heavy atom. The number of thioether (sulfide) groups is 1. The van der Waals surface area contributed by atoms with Gasteiger partial charge in [0.05, 0.1) is 0 Å². The highest BCUT2D eigenvalue weighted by molar-refractivity contribution is 14.0. The van der Waals surface area contributed by atoms with E-state index < -0.39 is 0 Å². The van der Waals surface area contributed by atoms with Gasteiger partial charge in [-0.05, 0) is 12.2 Å². The van der Waals surface area contributed by atoms with Crippen molar-refractivity contribution in [1.82, 2.24) is 0 Å². The van der Waals surface area contributed by atoms with E-state index in [0.29, 0.717) is 6.04 Å². The van der Waals surface area contributed by atoms with Crippen LogP contribution in [-0.2, 0) is 0 Å². The number of hydrogen-bond donors (Lipinski definition) is 1. The summed E-state index contributed by atoms with van der Waals surface area (Å²) in [6, 6.07) is 0.509. The van der Waals surface area contributed by atoms with Gasteiger partial charge in [-0.2, -0.15) is 11.8 Å². The van der Waals surface area contributed by atoms with E-state index in [1.54, 1.807) is 0 Å². The molecule has 0 amide bonds. The lowest BCUT2D eigenvalue weighted by Gasteiger charge is -1.91. The maximum Gasteiger partial charge on any atom is 0.0138 e. The molecule has 0 radical (unpaired) electrons. The summed E-state index contributed by atoms with van der Waals surface area (Å²) in [5.74, 6) is 2.46. The highest BCUT2D eigenvalue weighted by Gasteiger charge is 2.08. The minimum atomic E-state index is 0. The zero-order valence-corrected chi connectivity index (χ0v) is 7.24. The Kier molecular flexibility index (Phi) is 4.56. The summed E-state index contributed by atoms with van der Waals surface area (Å²) in [4.78, 5) is 0. The van der Waals surface area contributed by atoms with Crippen LogP contribution in [0.25, 0.3) is 0 Å². The van der Waals surface area contributed by atoms with E-state index in [4.69, 9.17) is 5.73 Å². The van der Waals surface area contributed by atoms with Crippen LogP contribution in [0.2, 0.25) is 0 Å². The summed E-state index contributed by atoms with van der Waals surface area (Å²) in [6.07, 6.45) is 1.23. The van der Waals surface area contributed by atoms with Crippen LogP contribution < -0.4 is 5.73 Å². The van der Waals surface area contributed by atoms with Crippen molar-refractivity contribution in [3.05, 3.63) is 0 Å². The van der Waals surface area contributed by atoms with E-state index in [1.807, 2.05) is 11.8 Å². The van der Waals surface area contributed by atoms with Gasteiger partial charge in [-0.1, -0.05) is 0 Å². The average Bonchev–Trinajstić information content (AvgIpc) is 1.86. The molecule has 2 N–H and O–H groups in total. The molecule has 0 saturated carbocycles. The zero-order valence-electron chi connectivity index (χ0n) is 4.09. The lowest BCUT2D eigenvalue weighted by molar-refractivity contribution is 0.759. The molecule has 0 spiro atoms. The molecule has 0 aromatic heterocycles. The molecular formula is C4H10INS. The molecule has 0 bridgehead atoms. The molecule has 0 aromatic carbocycles. The smallest absolute Gasteiger partial charge is 0.0138 e. The first-order chi connectivity index (χ1) is 2.89. The van der Waals surface area contributed by atoms with Crippen LogP contribution in [0, 0.1) is 0 Å². The van der Waals surface area contributed by atoms with Crippen molar-refractivity contribution >= 4 is 35.7 Å². The normalized spacial score (nSPS) is 29.6. The van der Waals surface area contributed by atoms with Gasteiger partial charge in [0.1, 0.15) is 0 Å². The average molecular weight is 231 g/mol. The van der Waals surface area contributed by atoms with Crippen molar-refractivity contribution < 1.29 is 0 Å². The summed E-state index contributed by atoms with van der Waals surface area (Å²) in [5.41, 5.74) is 5.51. The molecule has 1 aliphatic heterocycles. The van der Waals surface area contributed by atoms with Gasteiger partial charge in [-0.15, -0.1) is 24.0 Å². The molecular weight excluding hydrogens is 221 g/mol. The molecule has 7 heavy (non-hydrogen) atoms. The standard InChI is InChI=1S/C4H9NS.HI/c5-4-1-2-6-3-4;/h4H,1-3,5H2;1H. The van der Waals surface area contributed by atoms with Crippen LogP contribution in [0.1, 0.15) is 6.42 Å². The highest BCUT2D eigenvalue weighted by Crippen LogP contribution is 2.14. The predicted octanol–water partition coefficient (Wildman–Crippen LogP) is 1.07. The van der Waals surface area contributed by atoms with Crippen LogP contribution >= 0.6 is 35.7 Å². The van der Waals surface area contributed by atoms with E-state index in [-0.39, 0.29) is 24.0 Å². The van der Waals surface area contributed by atoms with Gasteiger partial charge in [-0.25, -0.2) is 0 Å². The third-order valence-corrected chi connectivity index (χ3v) is 2.15. The second kappa shape index (κ2) is 3.97. The second-order valence-corrected chi connectivity index (χ2v) is 2.77. The predicted molar refractivity (Wildman–Crippen MR) is 45.3 cm³/mol. The first-order valence-corrected chi connectivity index (χ1v) is 3.38. The third kappa shape index (κ3) is 2.77. The van der Waals surface area contributed by atoms with Gasteiger partial charge in [0, 0.05) is 11.8 Å². The van der Waals surface area contributed by atoms with Crippen LogP contribution in [0.3, 0.4) is 0 Å². The summed E-state index contributed by atoms with van der Waals surface area (Å²) >= 11 is 1.96. The van der Waals surface area contributed by atoms with Crippen LogP contribution in [-0.4, -0.2) is 17.5 Å². The fourth-order valence-electron chi connectivity index (χ4n) is 0.553. The molecule has 1 saturated heterocycles. The number of halogens is 1. The Labute approximate surface area is 65.4 Å². The second-order valence-electron chi connectivity index (χ2n) is 1.62. The Bertz CT molecular complexity index is 45.0. The van der Waals surface area contributed by atoms with E-state index >= 15 is 0 Å². The van der Waals surface area contributed by atoms with Crippen molar-refractivity contribution in [2.24, 2.45) is 5.73 Å². The molecule has 3 heteroatoms. The van der Waals surface area contributed by atoms with E-state index in [9.17, 15) is 0 Å². The Hall–Kier alpha value is 1.04. The van der Waals surface area contributed by atoms with Gasteiger partial charge >= 0.3 is 0 Å². The molecule has 1 nitrogen and oxygen atoms in total. The lowest BCUT2D eigenvalue weighted by Crippen LogP contribution is -2.17. The van der Waals surface area contributed by atoms with Crippen molar-refractivity contribution in [1.29, 1.82) is 0 Å². The quantitative estimate of drug-likeness (QED) is 0.631. The SMILES string of the molecule is I.NC1CCSC1. The molecule has 1 heterocycles. The third-order valence-electron chi connectivity index (χ3n) is 0.965. The Morgan fingerprint density at radius 1 is 1.57 bits per heavy atom. The number of nitrogens with two attached hydrogens (primary N) is 1. The Morgan fingerprint density at radius 3 is 2.43 bits per heavy atom. The van der Waals surface area contributed by atoms with Gasteiger partial charge in [0.25, 0.3) is 0 Å². The van der Waals surface area contributed by atoms with Crippen LogP contribution in [0.15, 0.2) is 0 Å². The van der Waals surface area contributed by atoms with E-state index in [0.717, 1.165) is 0 Å². The largest absolute Gasteiger partial charge is 0.327 e. The fourth-order valence-corrected chi connectivity index (χ4v) is 1.66. The first-order valence-electron chi connectivity index (χ1n) is 2.23. The zero-order chi connectivity index (χ0) is 4.41. The van der Waals surface area contributed by atoms with Crippen LogP contribution in [0.5, 0.6) is 0 Å². The molecule has 44 valence electrons. The molecule has 1 unspecified atom stereocenters. The van der Waals surface area contributed by atoms with E-state index in [1.165, 1.54) is 17.9 Å². The summed E-state index contributed by atoms with van der Waals surface area (Å²) < 4.78 is 0. The van der Waals surface area contributed by atoms with E-state index in [2.05, 4.69) is 0 Å². The first kappa shape index (κ1) is 8.04. The van der Waals surface area contributed by atoms with Gasteiger partial charge in [-0.3, -0.25) is 0 Å². The molecule has 0 aliphatic carbocycles. The van der Waals surface area contributed by atoms with Crippen molar-refractivity contribution in [2.45, 2.75) is 12.5 Å². The summed E-state index contributed by atoms with van der Waals surface area (Å²) in [5, 5.41) is 0. The fraction of sp³-hybridized carbons (Fsp3) is 1.00. The van der Waals surface area contributed by atoms with Crippen molar-refractivity contribution in [2.75, 3.05) is 11.5 Å². The minimum Gasteiger partial charge on any atom is -0.327 e. The number of rotatable bonds is 0. The van der Waals surface area contributed by atoms with Crippen molar-refractivity contribution in [3.63, 3.8) is 0 Å². The van der Waals surface area contributed by atoms with Gasteiger partial charge < -0.3 is 5.73 Å². The number of hydrogen-bond acceptors (Lipinski definition) is 2. The van der Waals surface area contributed by atoms with Crippen LogP contribution in [0.4, 0.5) is 0 Å². The molecule has 1 atom stereocenters. The topological polar surface area (TPSA) is 26.0 Å². The molecule has 0 aromatic rings. The van der Waals surface area contributed by atoms with Gasteiger partial charge in [0.2, 0.25) is 0 Å². The summed E-state index contributed by atoms with van der Waals surface area (Å²) in [7, 11) is 0. The Balaban J connectivity index is 0.000000360. The highest BCUT2D eigenvalue weighted by atomic mass is 127. The molecule has 1 rings (SSSR count). The molecule has 1 aliphatic rings. The lowest BCUT2D eigenvalue weighted by atomic mass is 10.3. The van der Waals surface area contributed by atoms with Gasteiger partial charge in [0.15, 0.2) is 0 Å². The maximum atomic E-state index is 5.51. The summed E-state index contributed by atoms with van der Waals surface area (Å²) in [6.45, 7) is 0. The molecule has 1 fully saturated rings. The maximum absolute atomic E-state index is 5.51. The minimum absolute atomic E-state index is 0. The van der Waals surface area contributed by atoms with Crippen molar-refractivity contribution in [3.8, 4) is 0 Å².